The highest BCUT2D eigenvalue weighted by atomic mass is 32.2. The van der Waals surface area contributed by atoms with Gasteiger partial charge in [-0.1, -0.05) is 25.1 Å². The molecule has 0 saturated carbocycles. The molecule has 2 heterocycles. The van der Waals surface area contributed by atoms with Gasteiger partial charge in [-0.3, -0.25) is 4.79 Å². The van der Waals surface area contributed by atoms with Crippen molar-refractivity contribution in [1.82, 2.24) is 14.5 Å². The van der Waals surface area contributed by atoms with Gasteiger partial charge < -0.3 is 10.2 Å². The molecule has 0 radical (unpaired) electrons. The zero-order chi connectivity index (χ0) is 18.7. The number of sulfonamides is 1. The highest BCUT2D eigenvalue weighted by Gasteiger charge is 2.31. The Bertz CT molecular complexity index is 783. The van der Waals surface area contributed by atoms with E-state index in [0.29, 0.717) is 12.1 Å². The fourth-order valence-corrected chi connectivity index (χ4v) is 5.18. The molecule has 1 N–H and O–H groups in total. The van der Waals surface area contributed by atoms with Gasteiger partial charge in [0, 0.05) is 24.2 Å². The number of piperidine rings is 1. The molecule has 1 saturated heterocycles. The lowest BCUT2D eigenvalue weighted by Crippen LogP contribution is -2.43. The molecular weight excluding hydrogens is 350 g/mol. The Morgan fingerprint density at radius 1 is 1.27 bits per heavy atom. The fraction of sp³-hybridized carbons (Fsp3) is 0.526. The van der Waals surface area contributed by atoms with Gasteiger partial charge >= 0.3 is 0 Å². The summed E-state index contributed by atoms with van der Waals surface area (Å²) in [6.45, 7) is 4.26. The van der Waals surface area contributed by atoms with Crippen LogP contribution >= 0.6 is 0 Å². The number of likely N-dealkylation sites (tertiary alicyclic amines) is 1. The molecule has 2 aliphatic heterocycles. The molecule has 26 heavy (non-hydrogen) atoms. The Labute approximate surface area is 155 Å². The quantitative estimate of drug-likeness (QED) is 0.795. The smallest absolute Gasteiger partial charge is 0.251 e. The van der Waals surface area contributed by atoms with E-state index in [4.69, 9.17) is 0 Å². The monoisotopic (exact) mass is 377 g/mol. The molecule has 1 fully saturated rings. The summed E-state index contributed by atoms with van der Waals surface area (Å²) in [4.78, 5) is 15.0. The van der Waals surface area contributed by atoms with Gasteiger partial charge in [-0.05, 0) is 57.6 Å². The Morgan fingerprint density at radius 3 is 2.69 bits per heavy atom. The van der Waals surface area contributed by atoms with Crippen LogP contribution in [0, 0.1) is 0 Å². The molecule has 6 nitrogen and oxygen atoms in total. The molecule has 1 aromatic rings. The number of nitrogens with one attached hydrogen (secondary N) is 1. The van der Waals surface area contributed by atoms with E-state index in [1.165, 1.54) is 10.4 Å². The van der Waals surface area contributed by atoms with E-state index < -0.39 is 10.0 Å². The Hall–Kier alpha value is -1.70. The standard InChI is InChI=1S/C19H27N3O3S/c1-3-17-7-5-11-22(17)26(24,25)18-8-4-6-15(14-18)19(23)20-16-9-12-21(2)13-10-16/h4-8,14,16-17H,3,9-13H2,1-2H3,(H,20,23). The first-order valence-electron chi connectivity index (χ1n) is 9.20. The predicted molar refractivity (Wildman–Crippen MR) is 102 cm³/mol. The van der Waals surface area contributed by atoms with Crippen LogP contribution in [0.4, 0.5) is 0 Å². The highest BCUT2D eigenvalue weighted by molar-refractivity contribution is 7.89. The summed E-state index contributed by atoms with van der Waals surface area (Å²) in [7, 11) is -1.54. The first-order chi connectivity index (χ1) is 12.4. The maximum absolute atomic E-state index is 13.0. The van der Waals surface area contributed by atoms with Gasteiger partial charge in [0.25, 0.3) is 5.91 Å². The number of nitrogens with zero attached hydrogens (tertiary/aromatic N) is 2. The van der Waals surface area contributed by atoms with Crippen molar-refractivity contribution in [2.24, 2.45) is 0 Å². The van der Waals surface area contributed by atoms with Crippen molar-refractivity contribution in [3.05, 3.63) is 42.0 Å². The number of hydrogen-bond acceptors (Lipinski definition) is 4. The number of carbonyl (C=O) groups is 1. The molecule has 0 spiro atoms. The van der Waals surface area contributed by atoms with Crippen LogP contribution in [0.25, 0.3) is 0 Å². The number of benzene rings is 1. The number of hydrogen-bond donors (Lipinski definition) is 1. The van der Waals surface area contributed by atoms with Crippen LogP contribution in [0.1, 0.15) is 36.5 Å². The number of rotatable bonds is 5. The van der Waals surface area contributed by atoms with Gasteiger partial charge in [-0.25, -0.2) is 8.42 Å². The second-order valence-corrected chi connectivity index (χ2v) is 8.95. The van der Waals surface area contributed by atoms with Gasteiger partial charge in [0.1, 0.15) is 0 Å². The SMILES string of the molecule is CCC1C=CCN1S(=O)(=O)c1cccc(C(=O)NC2CCN(C)CC2)c1. The van der Waals surface area contributed by atoms with Gasteiger partial charge in [0.05, 0.1) is 4.90 Å². The zero-order valence-electron chi connectivity index (χ0n) is 15.4. The van der Waals surface area contributed by atoms with Crippen molar-refractivity contribution in [1.29, 1.82) is 0 Å². The van der Waals surface area contributed by atoms with E-state index in [-0.39, 0.29) is 22.9 Å². The molecule has 2 aliphatic rings. The van der Waals surface area contributed by atoms with E-state index in [9.17, 15) is 13.2 Å². The third-order valence-electron chi connectivity index (χ3n) is 5.19. The van der Waals surface area contributed by atoms with Crippen molar-refractivity contribution in [3.8, 4) is 0 Å². The van der Waals surface area contributed by atoms with Crippen LogP contribution in [-0.4, -0.2) is 62.3 Å². The maximum Gasteiger partial charge on any atom is 0.251 e. The lowest BCUT2D eigenvalue weighted by molar-refractivity contribution is 0.0916. The molecular formula is C19H27N3O3S. The second kappa shape index (κ2) is 7.90. The molecule has 1 atom stereocenters. The van der Waals surface area contributed by atoms with E-state index in [1.807, 2.05) is 19.1 Å². The summed E-state index contributed by atoms with van der Waals surface area (Å²) in [6.07, 6.45) is 6.36. The Morgan fingerprint density at radius 2 is 2.00 bits per heavy atom. The van der Waals surface area contributed by atoms with Crippen molar-refractivity contribution in [2.75, 3.05) is 26.7 Å². The second-order valence-electron chi connectivity index (χ2n) is 7.06. The van der Waals surface area contributed by atoms with Crippen LogP contribution in [0.3, 0.4) is 0 Å². The first kappa shape index (κ1) is 19.1. The largest absolute Gasteiger partial charge is 0.349 e. The lowest BCUT2D eigenvalue weighted by atomic mass is 10.0. The molecule has 7 heteroatoms. The third kappa shape index (κ3) is 4.00. The van der Waals surface area contributed by atoms with Gasteiger partial charge in [0.2, 0.25) is 10.0 Å². The topological polar surface area (TPSA) is 69.7 Å². The number of amides is 1. The Kier molecular flexibility index (Phi) is 5.79. The first-order valence-corrected chi connectivity index (χ1v) is 10.6. The zero-order valence-corrected chi connectivity index (χ0v) is 16.2. The molecule has 0 aromatic heterocycles. The summed E-state index contributed by atoms with van der Waals surface area (Å²) < 4.78 is 27.4. The fourth-order valence-electron chi connectivity index (χ4n) is 3.52. The van der Waals surface area contributed by atoms with Gasteiger partial charge in [-0.15, -0.1) is 0 Å². The normalized spacial score (nSPS) is 22.6. The van der Waals surface area contributed by atoms with Gasteiger partial charge in [-0.2, -0.15) is 4.31 Å². The summed E-state index contributed by atoms with van der Waals surface area (Å²) >= 11 is 0. The molecule has 1 amide bonds. The molecule has 1 aromatic carbocycles. The summed E-state index contributed by atoms with van der Waals surface area (Å²) in [5.74, 6) is -0.205. The Balaban J connectivity index is 1.74. The van der Waals surface area contributed by atoms with Crippen molar-refractivity contribution in [2.45, 2.75) is 43.2 Å². The molecule has 0 aliphatic carbocycles. The molecule has 0 bridgehead atoms. The van der Waals surface area contributed by atoms with Crippen molar-refractivity contribution >= 4 is 15.9 Å². The molecule has 3 rings (SSSR count). The van der Waals surface area contributed by atoms with Crippen LogP contribution in [0.5, 0.6) is 0 Å². The summed E-state index contributed by atoms with van der Waals surface area (Å²) in [5.41, 5.74) is 0.394. The van der Waals surface area contributed by atoms with Gasteiger partial charge in [0.15, 0.2) is 0 Å². The van der Waals surface area contributed by atoms with E-state index in [1.54, 1.807) is 18.2 Å². The van der Waals surface area contributed by atoms with Crippen LogP contribution in [0.2, 0.25) is 0 Å². The van der Waals surface area contributed by atoms with Crippen molar-refractivity contribution < 1.29 is 13.2 Å². The minimum Gasteiger partial charge on any atom is -0.349 e. The van der Waals surface area contributed by atoms with Crippen LogP contribution in [0.15, 0.2) is 41.3 Å². The average molecular weight is 378 g/mol. The van der Waals surface area contributed by atoms with Crippen LogP contribution < -0.4 is 5.32 Å². The van der Waals surface area contributed by atoms with Crippen LogP contribution in [-0.2, 0) is 10.0 Å². The van der Waals surface area contributed by atoms with E-state index >= 15 is 0 Å². The van der Waals surface area contributed by atoms with Crippen molar-refractivity contribution in [3.63, 3.8) is 0 Å². The van der Waals surface area contributed by atoms with E-state index in [0.717, 1.165) is 32.4 Å². The minimum atomic E-state index is -3.61. The molecule has 1 unspecified atom stereocenters. The summed E-state index contributed by atoms with van der Waals surface area (Å²) in [6, 6.07) is 6.39. The third-order valence-corrected chi connectivity index (χ3v) is 7.08. The lowest BCUT2D eigenvalue weighted by Gasteiger charge is -2.29. The van der Waals surface area contributed by atoms with E-state index in [2.05, 4.69) is 17.3 Å². The number of carbonyl (C=O) groups excluding carboxylic acids is 1. The average Bonchev–Trinajstić information content (AvgIpc) is 3.13. The molecule has 142 valence electrons. The highest BCUT2D eigenvalue weighted by Crippen LogP contribution is 2.24. The summed E-state index contributed by atoms with van der Waals surface area (Å²) in [5, 5.41) is 3.04. The minimum absolute atomic E-state index is 0.114. The maximum atomic E-state index is 13.0. The predicted octanol–water partition coefficient (Wildman–Crippen LogP) is 1.85.